The number of carbonyl (C=O) groups excluding carboxylic acids is 1. The molecule has 1 amide bonds. The van der Waals surface area contributed by atoms with Crippen LogP contribution in [-0.4, -0.2) is 61.2 Å². The van der Waals surface area contributed by atoms with Gasteiger partial charge in [-0.25, -0.2) is 14.8 Å². The highest BCUT2D eigenvalue weighted by Gasteiger charge is 2.15. The number of ether oxygens (including phenoxy) is 3. The summed E-state index contributed by atoms with van der Waals surface area (Å²) in [6, 6.07) is 0. The van der Waals surface area contributed by atoms with Gasteiger partial charge in [0.1, 0.15) is 16.6 Å². The van der Waals surface area contributed by atoms with Crippen LogP contribution in [-0.2, 0) is 14.2 Å². The first-order valence-corrected chi connectivity index (χ1v) is 8.08. The Bertz CT molecular complexity index is 479. The molecule has 0 aliphatic heterocycles. The summed E-state index contributed by atoms with van der Waals surface area (Å²) in [5.74, 6) is 0.646. The summed E-state index contributed by atoms with van der Waals surface area (Å²) in [4.78, 5) is 19.3. The van der Waals surface area contributed by atoms with Crippen molar-refractivity contribution in [2.75, 3.05) is 44.8 Å². The van der Waals surface area contributed by atoms with Gasteiger partial charge in [-0.15, -0.1) is 0 Å². The van der Waals surface area contributed by atoms with Gasteiger partial charge in [-0.05, 0) is 20.8 Å². The molecule has 0 saturated carbocycles. The number of rotatable bonds is 10. The predicted molar refractivity (Wildman–Crippen MR) is 91.4 cm³/mol. The number of nitrogens with one attached hydrogen (secondary N) is 2. The van der Waals surface area contributed by atoms with Gasteiger partial charge in [0.15, 0.2) is 0 Å². The molecule has 0 atom stereocenters. The Kier molecular flexibility index (Phi) is 9.36. The third-order valence-electron chi connectivity index (χ3n) is 2.46. The number of hydrogen-bond donors (Lipinski definition) is 2. The van der Waals surface area contributed by atoms with Crippen molar-refractivity contribution in [1.82, 2.24) is 15.3 Å². The number of hydrogen-bond acceptors (Lipinski definition) is 7. The first-order valence-electron chi connectivity index (χ1n) is 7.70. The van der Waals surface area contributed by atoms with E-state index in [1.165, 1.54) is 6.20 Å². The van der Waals surface area contributed by atoms with Crippen molar-refractivity contribution < 1.29 is 19.0 Å². The minimum atomic E-state index is -0.496. The van der Waals surface area contributed by atoms with Crippen LogP contribution in [0.15, 0.2) is 12.4 Å². The van der Waals surface area contributed by atoms with Gasteiger partial charge in [-0.1, -0.05) is 11.6 Å². The van der Waals surface area contributed by atoms with Gasteiger partial charge in [-0.2, -0.15) is 0 Å². The fourth-order valence-corrected chi connectivity index (χ4v) is 1.61. The zero-order valence-electron chi connectivity index (χ0n) is 14.3. The molecule has 8 nitrogen and oxygen atoms in total. The number of alkyl carbamates (subject to hydrolysis) is 1. The lowest BCUT2D eigenvalue weighted by molar-refractivity contribution is 0.0415. The number of amides is 1. The fourth-order valence-electron chi connectivity index (χ4n) is 1.52. The van der Waals surface area contributed by atoms with E-state index in [1.54, 1.807) is 6.20 Å². The van der Waals surface area contributed by atoms with E-state index in [0.717, 1.165) is 0 Å². The van der Waals surface area contributed by atoms with Crippen molar-refractivity contribution in [3.8, 4) is 0 Å². The first kappa shape index (κ1) is 20.4. The number of anilines is 1. The quantitative estimate of drug-likeness (QED) is 0.617. The molecule has 1 heterocycles. The Morgan fingerprint density at radius 3 is 2.33 bits per heavy atom. The maximum atomic E-state index is 11.4. The summed E-state index contributed by atoms with van der Waals surface area (Å²) >= 11 is 5.64. The van der Waals surface area contributed by atoms with Gasteiger partial charge >= 0.3 is 6.09 Å². The van der Waals surface area contributed by atoms with Gasteiger partial charge in [0.05, 0.1) is 38.8 Å². The topological polar surface area (TPSA) is 94.6 Å². The summed E-state index contributed by atoms with van der Waals surface area (Å²) < 4.78 is 15.8. The predicted octanol–water partition coefficient (Wildman–Crippen LogP) is 2.10. The summed E-state index contributed by atoms with van der Waals surface area (Å²) in [6.07, 6.45) is 2.59. The molecule has 0 bridgehead atoms. The van der Waals surface area contributed by atoms with E-state index in [1.807, 2.05) is 20.8 Å². The van der Waals surface area contributed by atoms with Crippen LogP contribution in [0.2, 0.25) is 5.15 Å². The Morgan fingerprint density at radius 1 is 1.08 bits per heavy atom. The average molecular weight is 361 g/mol. The summed E-state index contributed by atoms with van der Waals surface area (Å²) in [5.41, 5.74) is -0.496. The molecule has 0 radical (unpaired) electrons. The standard InChI is InChI=1S/C15H25ClN4O4/c1-15(2,3)24-14(21)18-5-7-23-9-8-22-6-4-17-13-11-19-12(16)10-20-13/h10-11H,4-9H2,1-3H3,(H,17,20)(H,18,21). The van der Waals surface area contributed by atoms with E-state index >= 15 is 0 Å². The monoisotopic (exact) mass is 360 g/mol. The molecule has 0 saturated heterocycles. The summed E-state index contributed by atoms with van der Waals surface area (Å²) in [5, 5.41) is 6.02. The normalized spacial score (nSPS) is 11.2. The summed E-state index contributed by atoms with van der Waals surface area (Å²) in [7, 11) is 0. The van der Waals surface area contributed by atoms with Gasteiger partial charge in [-0.3, -0.25) is 0 Å². The maximum absolute atomic E-state index is 11.4. The molecule has 24 heavy (non-hydrogen) atoms. The molecular formula is C15H25ClN4O4. The molecule has 9 heteroatoms. The van der Waals surface area contributed by atoms with E-state index < -0.39 is 11.7 Å². The lowest BCUT2D eigenvalue weighted by atomic mass is 10.2. The van der Waals surface area contributed by atoms with Crippen molar-refractivity contribution >= 4 is 23.5 Å². The third-order valence-corrected chi connectivity index (χ3v) is 2.65. The van der Waals surface area contributed by atoms with Crippen LogP contribution in [0.1, 0.15) is 20.8 Å². The molecule has 1 aromatic heterocycles. The van der Waals surface area contributed by atoms with Crippen LogP contribution >= 0.6 is 11.6 Å². The molecule has 1 rings (SSSR count). The number of nitrogens with zero attached hydrogens (tertiary/aromatic N) is 2. The third kappa shape index (κ3) is 11.0. The molecule has 0 aliphatic rings. The highest BCUT2D eigenvalue weighted by molar-refractivity contribution is 6.29. The lowest BCUT2D eigenvalue weighted by Crippen LogP contribution is -2.34. The Labute approximate surface area is 147 Å². The van der Waals surface area contributed by atoms with Crippen LogP contribution in [0.25, 0.3) is 0 Å². The van der Waals surface area contributed by atoms with Crippen molar-refractivity contribution in [3.63, 3.8) is 0 Å². The molecule has 1 aromatic rings. The molecule has 0 fully saturated rings. The van der Waals surface area contributed by atoms with Crippen LogP contribution < -0.4 is 10.6 Å². The zero-order valence-corrected chi connectivity index (χ0v) is 15.1. The number of carbonyl (C=O) groups is 1. The molecule has 0 aliphatic carbocycles. The SMILES string of the molecule is CC(C)(C)OC(=O)NCCOCCOCCNc1cnc(Cl)cn1. The average Bonchev–Trinajstić information content (AvgIpc) is 2.49. The van der Waals surface area contributed by atoms with Gasteiger partial charge in [0, 0.05) is 13.1 Å². The van der Waals surface area contributed by atoms with Crippen molar-refractivity contribution in [3.05, 3.63) is 17.5 Å². The van der Waals surface area contributed by atoms with Crippen molar-refractivity contribution in [1.29, 1.82) is 0 Å². The second kappa shape index (κ2) is 11.0. The maximum Gasteiger partial charge on any atom is 0.407 e. The highest BCUT2D eigenvalue weighted by atomic mass is 35.5. The zero-order chi connectivity index (χ0) is 17.8. The number of halogens is 1. The molecule has 2 N–H and O–H groups in total. The Hall–Kier alpha value is -1.64. The van der Waals surface area contributed by atoms with E-state index in [2.05, 4.69) is 20.6 Å². The van der Waals surface area contributed by atoms with Gasteiger partial charge in [0.2, 0.25) is 0 Å². The highest BCUT2D eigenvalue weighted by Crippen LogP contribution is 2.06. The lowest BCUT2D eigenvalue weighted by Gasteiger charge is -2.19. The number of aromatic nitrogens is 2. The van der Waals surface area contributed by atoms with Crippen molar-refractivity contribution in [2.24, 2.45) is 0 Å². The van der Waals surface area contributed by atoms with E-state index in [-0.39, 0.29) is 0 Å². The Balaban J connectivity index is 1.88. The molecular weight excluding hydrogens is 336 g/mol. The van der Waals surface area contributed by atoms with Crippen molar-refractivity contribution in [2.45, 2.75) is 26.4 Å². The molecule has 0 aromatic carbocycles. The molecule has 0 spiro atoms. The largest absolute Gasteiger partial charge is 0.444 e. The Morgan fingerprint density at radius 2 is 1.75 bits per heavy atom. The minimum absolute atomic E-state index is 0.357. The minimum Gasteiger partial charge on any atom is -0.444 e. The molecule has 136 valence electrons. The van der Waals surface area contributed by atoms with Crippen LogP contribution in [0.5, 0.6) is 0 Å². The first-order chi connectivity index (χ1) is 11.4. The summed E-state index contributed by atoms with van der Waals surface area (Å²) in [6.45, 7) is 8.29. The fraction of sp³-hybridized carbons (Fsp3) is 0.667. The van der Waals surface area contributed by atoms with Crippen LogP contribution in [0, 0.1) is 0 Å². The van der Waals surface area contributed by atoms with Crippen LogP contribution in [0.3, 0.4) is 0 Å². The van der Waals surface area contributed by atoms with E-state index in [0.29, 0.717) is 50.5 Å². The van der Waals surface area contributed by atoms with E-state index in [4.69, 9.17) is 25.8 Å². The smallest absolute Gasteiger partial charge is 0.407 e. The molecule has 0 unspecified atom stereocenters. The second-order valence-corrected chi connectivity index (χ2v) is 6.19. The van der Waals surface area contributed by atoms with Gasteiger partial charge < -0.3 is 24.8 Å². The van der Waals surface area contributed by atoms with E-state index in [9.17, 15) is 4.79 Å². The van der Waals surface area contributed by atoms with Crippen LogP contribution in [0.4, 0.5) is 10.6 Å². The second-order valence-electron chi connectivity index (χ2n) is 5.80. The van der Waals surface area contributed by atoms with Gasteiger partial charge in [0.25, 0.3) is 0 Å².